The van der Waals surface area contributed by atoms with E-state index in [1.165, 1.54) is 0 Å². The van der Waals surface area contributed by atoms with Crippen molar-refractivity contribution < 1.29 is 4.79 Å². The molecular weight excluding hydrogens is 162 g/mol. The highest BCUT2D eigenvalue weighted by Crippen LogP contribution is 2.12. The third-order valence-corrected chi connectivity index (χ3v) is 1.73. The average molecular weight is 176 g/mol. The lowest BCUT2D eigenvalue weighted by Gasteiger charge is -2.18. The molecule has 0 heterocycles. The Morgan fingerprint density at radius 2 is 1.92 bits per heavy atom. The number of para-hydroxylation sites is 1. The van der Waals surface area contributed by atoms with Gasteiger partial charge in [-0.05, 0) is 18.1 Å². The number of hydrogen-bond acceptors (Lipinski definition) is 1. The highest BCUT2D eigenvalue weighted by Gasteiger charge is 2.06. The Balaban J connectivity index is 2.73. The van der Waals surface area contributed by atoms with Crippen molar-refractivity contribution >= 4 is 12.1 Å². The summed E-state index contributed by atoms with van der Waals surface area (Å²) < 4.78 is 0. The van der Waals surface area contributed by atoms with Crippen molar-refractivity contribution in [2.45, 2.75) is 13.8 Å². The van der Waals surface area contributed by atoms with Crippen molar-refractivity contribution in [3.8, 4) is 0 Å². The number of anilines is 1. The molecule has 0 spiro atoms. The monoisotopic (exact) mass is 176 g/mol. The van der Waals surface area contributed by atoms with Crippen molar-refractivity contribution in [2.24, 2.45) is 5.92 Å². The maximum atomic E-state index is 10.6. The number of carbonyl (C=O) groups excluding carboxylic acids is 1. The van der Waals surface area contributed by atoms with E-state index in [1.807, 2.05) is 36.7 Å². The van der Waals surface area contributed by atoms with Gasteiger partial charge in [-0.1, -0.05) is 32.0 Å². The van der Waals surface area contributed by atoms with E-state index in [4.69, 9.17) is 0 Å². The molecule has 2 nitrogen and oxygen atoms in total. The molecule has 1 rings (SSSR count). The minimum atomic E-state index is 0.460. The Labute approximate surface area is 79.2 Å². The van der Waals surface area contributed by atoms with E-state index < -0.39 is 0 Å². The van der Waals surface area contributed by atoms with Gasteiger partial charge in [-0.25, -0.2) is 0 Å². The third kappa shape index (κ3) is 2.90. The SMILES string of the molecule is CC(C)CN([C]=O)c1ccccc1. The van der Waals surface area contributed by atoms with Crippen molar-refractivity contribution in [1.29, 1.82) is 0 Å². The van der Waals surface area contributed by atoms with E-state index in [2.05, 4.69) is 13.8 Å². The van der Waals surface area contributed by atoms with Gasteiger partial charge in [0.15, 0.2) is 0 Å². The minimum absolute atomic E-state index is 0.460. The molecule has 1 aromatic carbocycles. The van der Waals surface area contributed by atoms with E-state index in [1.54, 1.807) is 4.90 Å². The lowest BCUT2D eigenvalue weighted by atomic mass is 10.2. The first-order valence-corrected chi connectivity index (χ1v) is 4.44. The van der Waals surface area contributed by atoms with Crippen LogP contribution in [0.4, 0.5) is 5.69 Å². The summed E-state index contributed by atoms with van der Waals surface area (Å²) in [6, 6.07) is 9.59. The number of benzene rings is 1. The van der Waals surface area contributed by atoms with E-state index >= 15 is 0 Å². The third-order valence-electron chi connectivity index (χ3n) is 1.73. The van der Waals surface area contributed by atoms with Gasteiger partial charge in [0.1, 0.15) is 0 Å². The zero-order chi connectivity index (χ0) is 9.68. The highest BCUT2D eigenvalue weighted by atomic mass is 16.1. The fourth-order valence-electron chi connectivity index (χ4n) is 1.17. The maximum absolute atomic E-state index is 10.6. The van der Waals surface area contributed by atoms with Crippen LogP contribution in [0.5, 0.6) is 0 Å². The molecule has 0 saturated carbocycles. The first-order valence-electron chi connectivity index (χ1n) is 4.44. The van der Waals surface area contributed by atoms with Gasteiger partial charge in [-0.2, -0.15) is 0 Å². The molecule has 69 valence electrons. The fraction of sp³-hybridized carbons (Fsp3) is 0.364. The summed E-state index contributed by atoms with van der Waals surface area (Å²) >= 11 is 0. The average Bonchev–Trinajstić information content (AvgIpc) is 2.15. The van der Waals surface area contributed by atoms with Gasteiger partial charge in [0.25, 0.3) is 0 Å². The summed E-state index contributed by atoms with van der Waals surface area (Å²) in [6.07, 6.45) is 1.93. The molecule has 0 atom stereocenters. The second-order valence-electron chi connectivity index (χ2n) is 3.43. The van der Waals surface area contributed by atoms with Crippen molar-refractivity contribution in [2.75, 3.05) is 11.4 Å². The Morgan fingerprint density at radius 1 is 1.31 bits per heavy atom. The lowest BCUT2D eigenvalue weighted by molar-refractivity contribution is 0.542. The molecule has 0 saturated heterocycles. The van der Waals surface area contributed by atoms with Gasteiger partial charge in [-0.3, -0.25) is 4.79 Å². The summed E-state index contributed by atoms with van der Waals surface area (Å²) in [5.41, 5.74) is 0.909. The summed E-state index contributed by atoms with van der Waals surface area (Å²) in [7, 11) is 0. The topological polar surface area (TPSA) is 20.3 Å². The zero-order valence-electron chi connectivity index (χ0n) is 8.03. The van der Waals surface area contributed by atoms with Crippen LogP contribution in [0.3, 0.4) is 0 Å². The number of hydrogen-bond donors (Lipinski definition) is 0. The van der Waals surface area contributed by atoms with Crippen LogP contribution in [0.15, 0.2) is 30.3 Å². The van der Waals surface area contributed by atoms with E-state index in [-0.39, 0.29) is 0 Å². The molecule has 0 bridgehead atoms. The predicted molar refractivity (Wildman–Crippen MR) is 54.3 cm³/mol. The molecule has 1 radical (unpaired) electrons. The van der Waals surface area contributed by atoms with Crippen molar-refractivity contribution in [1.82, 2.24) is 0 Å². The van der Waals surface area contributed by atoms with Gasteiger partial charge >= 0.3 is 6.41 Å². The molecule has 1 amide bonds. The van der Waals surface area contributed by atoms with Crippen LogP contribution in [-0.2, 0) is 4.79 Å². The number of amides is 1. The minimum Gasteiger partial charge on any atom is -0.304 e. The van der Waals surface area contributed by atoms with Crippen molar-refractivity contribution in [3.05, 3.63) is 30.3 Å². The second kappa shape index (κ2) is 4.65. The molecule has 0 aromatic heterocycles. The second-order valence-corrected chi connectivity index (χ2v) is 3.43. The molecule has 0 N–H and O–H groups in total. The molecular formula is C11H14NO. The number of nitrogens with zero attached hydrogens (tertiary/aromatic N) is 1. The van der Waals surface area contributed by atoms with Gasteiger partial charge in [-0.15, -0.1) is 0 Å². The molecule has 0 aliphatic heterocycles. The summed E-state index contributed by atoms with van der Waals surface area (Å²) in [5, 5.41) is 0. The van der Waals surface area contributed by atoms with Gasteiger partial charge in [0.2, 0.25) is 0 Å². The van der Waals surface area contributed by atoms with Crippen LogP contribution in [-0.4, -0.2) is 13.0 Å². The fourth-order valence-corrected chi connectivity index (χ4v) is 1.17. The smallest absolute Gasteiger partial charge is 0.304 e. The van der Waals surface area contributed by atoms with Crippen LogP contribution in [0.1, 0.15) is 13.8 Å². The molecule has 2 heteroatoms. The lowest BCUT2D eigenvalue weighted by Crippen LogP contribution is -2.25. The molecule has 0 aliphatic rings. The van der Waals surface area contributed by atoms with Crippen molar-refractivity contribution in [3.63, 3.8) is 0 Å². The summed E-state index contributed by atoms with van der Waals surface area (Å²) in [4.78, 5) is 12.2. The van der Waals surface area contributed by atoms with Crippen LogP contribution in [0.2, 0.25) is 0 Å². The summed E-state index contributed by atoms with van der Waals surface area (Å²) in [5.74, 6) is 0.460. The Morgan fingerprint density at radius 3 is 2.38 bits per heavy atom. The van der Waals surface area contributed by atoms with E-state index in [0.717, 1.165) is 5.69 Å². The maximum Gasteiger partial charge on any atom is 0.316 e. The van der Waals surface area contributed by atoms with E-state index in [9.17, 15) is 4.79 Å². The van der Waals surface area contributed by atoms with Crippen LogP contribution < -0.4 is 4.90 Å². The Bertz CT molecular complexity index is 256. The van der Waals surface area contributed by atoms with Gasteiger partial charge in [0, 0.05) is 12.2 Å². The van der Waals surface area contributed by atoms with Crippen LogP contribution in [0, 0.1) is 5.92 Å². The summed E-state index contributed by atoms with van der Waals surface area (Å²) in [6.45, 7) is 4.87. The molecule has 0 aliphatic carbocycles. The Hall–Kier alpha value is -1.31. The Kier molecular flexibility index (Phi) is 3.50. The first kappa shape index (κ1) is 9.78. The quantitative estimate of drug-likeness (QED) is 0.644. The first-order chi connectivity index (χ1) is 6.24. The zero-order valence-corrected chi connectivity index (χ0v) is 8.03. The molecule has 0 fully saturated rings. The van der Waals surface area contributed by atoms with Crippen LogP contribution >= 0.6 is 0 Å². The standard InChI is InChI=1S/C11H14NO/c1-10(2)8-12(9-13)11-6-4-3-5-7-11/h3-7,10H,8H2,1-2H3. The van der Waals surface area contributed by atoms with Gasteiger partial charge < -0.3 is 4.90 Å². The molecule has 0 unspecified atom stereocenters. The predicted octanol–water partition coefficient (Wildman–Crippen LogP) is 2.22. The molecule has 13 heavy (non-hydrogen) atoms. The van der Waals surface area contributed by atoms with Gasteiger partial charge in [0.05, 0.1) is 0 Å². The normalized spacial score (nSPS) is 10.1. The van der Waals surface area contributed by atoms with Crippen LogP contribution in [0.25, 0.3) is 0 Å². The van der Waals surface area contributed by atoms with E-state index in [0.29, 0.717) is 12.5 Å². The largest absolute Gasteiger partial charge is 0.316 e. The molecule has 1 aromatic rings. The number of rotatable bonds is 4. The highest BCUT2D eigenvalue weighted by molar-refractivity contribution is 5.75.